The fourth-order valence-electron chi connectivity index (χ4n) is 1.73. The summed E-state index contributed by atoms with van der Waals surface area (Å²) < 4.78 is 10.9. The van der Waals surface area contributed by atoms with Crippen molar-refractivity contribution in [3.05, 3.63) is 17.7 Å². The molecule has 4 nitrogen and oxygen atoms in total. The lowest BCUT2D eigenvalue weighted by Gasteiger charge is -2.27. The van der Waals surface area contributed by atoms with E-state index in [0.29, 0.717) is 30.3 Å². The molecule has 1 aromatic rings. The first-order chi connectivity index (χ1) is 7.00. The molecule has 0 atom stereocenters. The van der Waals surface area contributed by atoms with Gasteiger partial charge in [0, 0.05) is 5.54 Å². The Morgan fingerprint density at radius 1 is 1.27 bits per heavy atom. The highest BCUT2D eigenvalue weighted by Gasteiger charge is 2.28. The Bertz CT molecular complexity index is 382. The van der Waals surface area contributed by atoms with Crippen LogP contribution in [0.15, 0.2) is 12.1 Å². The molecule has 0 bridgehead atoms. The normalized spacial score (nSPS) is 15.1. The van der Waals surface area contributed by atoms with Gasteiger partial charge >= 0.3 is 0 Å². The third kappa shape index (κ3) is 1.72. The third-order valence-electron chi connectivity index (χ3n) is 2.33. The SMILES string of the molecule is CC(C)(N)c1c(O)ccc2c1OCCO2. The lowest BCUT2D eigenvalue weighted by atomic mass is 9.93. The number of rotatable bonds is 1. The lowest BCUT2D eigenvalue weighted by Crippen LogP contribution is -2.30. The maximum atomic E-state index is 9.79. The van der Waals surface area contributed by atoms with Crippen molar-refractivity contribution in [3.8, 4) is 17.2 Å². The van der Waals surface area contributed by atoms with Gasteiger partial charge in [0.05, 0.1) is 5.56 Å². The summed E-state index contributed by atoms with van der Waals surface area (Å²) in [7, 11) is 0. The number of ether oxygens (including phenoxy) is 2. The smallest absolute Gasteiger partial charge is 0.170 e. The molecule has 82 valence electrons. The van der Waals surface area contributed by atoms with Gasteiger partial charge in [0.2, 0.25) is 0 Å². The highest BCUT2D eigenvalue weighted by molar-refractivity contribution is 5.56. The lowest BCUT2D eigenvalue weighted by molar-refractivity contribution is 0.166. The Labute approximate surface area is 88.6 Å². The van der Waals surface area contributed by atoms with Crippen LogP contribution in [0.3, 0.4) is 0 Å². The molecule has 1 heterocycles. The number of fused-ring (bicyclic) bond motifs is 1. The van der Waals surface area contributed by atoms with Gasteiger partial charge in [-0.2, -0.15) is 0 Å². The first-order valence-electron chi connectivity index (χ1n) is 4.91. The summed E-state index contributed by atoms with van der Waals surface area (Å²) in [4.78, 5) is 0. The molecule has 0 saturated heterocycles. The number of nitrogens with two attached hydrogens (primary N) is 1. The van der Waals surface area contributed by atoms with Crippen molar-refractivity contribution in [2.75, 3.05) is 13.2 Å². The summed E-state index contributed by atoms with van der Waals surface area (Å²) in [5.41, 5.74) is 5.93. The van der Waals surface area contributed by atoms with Crippen molar-refractivity contribution >= 4 is 0 Å². The number of hydrogen-bond acceptors (Lipinski definition) is 4. The first-order valence-corrected chi connectivity index (χ1v) is 4.91. The molecular formula is C11H15NO3. The van der Waals surface area contributed by atoms with Crippen LogP contribution in [0.2, 0.25) is 0 Å². The largest absolute Gasteiger partial charge is 0.507 e. The molecular weight excluding hydrogens is 194 g/mol. The Hall–Kier alpha value is -1.42. The number of phenols is 1. The van der Waals surface area contributed by atoms with E-state index < -0.39 is 5.54 Å². The van der Waals surface area contributed by atoms with Crippen molar-refractivity contribution in [3.63, 3.8) is 0 Å². The van der Waals surface area contributed by atoms with E-state index in [4.69, 9.17) is 15.2 Å². The molecule has 3 N–H and O–H groups in total. The first kappa shape index (κ1) is 10.1. The van der Waals surface area contributed by atoms with Crippen LogP contribution in [-0.2, 0) is 5.54 Å². The minimum atomic E-state index is -0.657. The minimum Gasteiger partial charge on any atom is -0.507 e. The molecule has 4 heteroatoms. The zero-order chi connectivity index (χ0) is 11.1. The van der Waals surface area contributed by atoms with Crippen molar-refractivity contribution in [1.82, 2.24) is 0 Å². The molecule has 0 aliphatic carbocycles. The van der Waals surface area contributed by atoms with Gasteiger partial charge in [-0.05, 0) is 26.0 Å². The summed E-state index contributed by atoms with van der Waals surface area (Å²) in [5, 5.41) is 9.79. The van der Waals surface area contributed by atoms with Gasteiger partial charge in [-0.15, -0.1) is 0 Å². The van der Waals surface area contributed by atoms with Gasteiger partial charge < -0.3 is 20.3 Å². The average molecular weight is 209 g/mol. The molecule has 1 aliphatic heterocycles. The van der Waals surface area contributed by atoms with Gasteiger partial charge in [0.1, 0.15) is 19.0 Å². The second-order valence-corrected chi connectivity index (χ2v) is 4.21. The molecule has 2 rings (SSSR count). The fourth-order valence-corrected chi connectivity index (χ4v) is 1.73. The van der Waals surface area contributed by atoms with Crippen LogP contribution in [0.5, 0.6) is 17.2 Å². The maximum absolute atomic E-state index is 9.79. The van der Waals surface area contributed by atoms with E-state index >= 15 is 0 Å². The van der Waals surface area contributed by atoms with Crippen LogP contribution >= 0.6 is 0 Å². The van der Waals surface area contributed by atoms with Crippen LogP contribution in [0.25, 0.3) is 0 Å². The molecule has 0 unspecified atom stereocenters. The van der Waals surface area contributed by atoms with Gasteiger partial charge in [-0.3, -0.25) is 0 Å². The van der Waals surface area contributed by atoms with Crippen LogP contribution in [0.1, 0.15) is 19.4 Å². The number of benzene rings is 1. The number of aromatic hydroxyl groups is 1. The molecule has 0 radical (unpaired) electrons. The minimum absolute atomic E-state index is 0.145. The van der Waals surface area contributed by atoms with Gasteiger partial charge in [0.25, 0.3) is 0 Å². The Balaban J connectivity index is 2.60. The van der Waals surface area contributed by atoms with Crippen molar-refractivity contribution < 1.29 is 14.6 Å². The second-order valence-electron chi connectivity index (χ2n) is 4.21. The van der Waals surface area contributed by atoms with Crippen LogP contribution in [-0.4, -0.2) is 18.3 Å². The molecule has 0 aromatic heterocycles. The average Bonchev–Trinajstić information content (AvgIpc) is 2.15. The molecule has 0 amide bonds. The Morgan fingerprint density at radius 2 is 1.93 bits per heavy atom. The van der Waals surface area contributed by atoms with E-state index in [-0.39, 0.29) is 5.75 Å². The molecule has 1 aromatic carbocycles. The van der Waals surface area contributed by atoms with E-state index in [0.717, 1.165) is 0 Å². The van der Waals surface area contributed by atoms with E-state index in [2.05, 4.69) is 0 Å². The van der Waals surface area contributed by atoms with Gasteiger partial charge in [-0.25, -0.2) is 0 Å². The predicted octanol–water partition coefficient (Wildman–Crippen LogP) is 1.36. The highest BCUT2D eigenvalue weighted by atomic mass is 16.6. The monoisotopic (exact) mass is 209 g/mol. The van der Waals surface area contributed by atoms with Crippen LogP contribution < -0.4 is 15.2 Å². The topological polar surface area (TPSA) is 64.7 Å². The third-order valence-corrected chi connectivity index (χ3v) is 2.33. The Morgan fingerprint density at radius 3 is 2.60 bits per heavy atom. The summed E-state index contributed by atoms with van der Waals surface area (Å²) >= 11 is 0. The van der Waals surface area contributed by atoms with Gasteiger partial charge in [-0.1, -0.05) is 0 Å². The summed E-state index contributed by atoms with van der Waals surface area (Å²) in [6.45, 7) is 4.66. The quantitative estimate of drug-likeness (QED) is 0.733. The summed E-state index contributed by atoms with van der Waals surface area (Å²) in [6, 6.07) is 3.27. The zero-order valence-corrected chi connectivity index (χ0v) is 8.91. The maximum Gasteiger partial charge on any atom is 0.170 e. The van der Waals surface area contributed by atoms with Crippen molar-refractivity contribution in [2.45, 2.75) is 19.4 Å². The molecule has 0 saturated carbocycles. The van der Waals surface area contributed by atoms with E-state index in [9.17, 15) is 5.11 Å². The Kier molecular flexibility index (Phi) is 2.23. The molecule has 0 fully saturated rings. The van der Waals surface area contributed by atoms with Crippen LogP contribution in [0, 0.1) is 0 Å². The van der Waals surface area contributed by atoms with Crippen molar-refractivity contribution in [1.29, 1.82) is 0 Å². The fraction of sp³-hybridized carbons (Fsp3) is 0.455. The van der Waals surface area contributed by atoms with Gasteiger partial charge in [0.15, 0.2) is 11.5 Å². The predicted molar refractivity (Wildman–Crippen MR) is 56.3 cm³/mol. The standard InChI is InChI=1S/C11H15NO3/c1-11(2,12)9-7(13)3-4-8-10(9)15-6-5-14-8/h3-4,13H,5-6,12H2,1-2H3. The van der Waals surface area contributed by atoms with Crippen LogP contribution in [0.4, 0.5) is 0 Å². The highest BCUT2D eigenvalue weighted by Crippen LogP contribution is 2.43. The van der Waals surface area contributed by atoms with E-state index in [1.165, 1.54) is 0 Å². The number of phenolic OH excluding ortho intramolecular Hbond substituents is 1. The second kappa shape index (κ2) is 3.31. The summed E-state index contributed by atoms with van der Waals surface area (Å²) in [6.07, 6.45) is 0. The molecule has 1 aliphatic rings. The van der Waals surface area contributed by atoms with E-state index in [1.54, 1.807) is 12.1 Å². The molecule has 0 spiro atoms. The zero-order valence-electron chi connectivity index (χ0n) is 8.91. The van der Waals surface area contributed by atoms with Crippen molar-refractivity contribution in [2.24, 2.45) is 5.73 Å². The number of hydrogen-bond donors (Lipinski definition) is 2. The van der Waals surface area contributed by atoms with E-state index in [1.807, 2.05) is 13.8 Å². The summed E-state index contributed by atoms with van der Waals surface area (Å²) in [5.74, 6) is 1.35. The molecule has 15 heavy (non-hydrogen) atoms.